The van der Waals surface area contributed by atoms with E-state index in [1.54, 1.807) is 12.1 Å². The second-order valence-electron chi connectivity index (χ2n) is 5.32. The summed E-state index contributed by atoms with van der Waals surface area (Å²) in [6.07, 6.45) is 3.71. The van der Waals surface area contributed by atoms with Gasteiger partial charge in [0.05, 0.1) is 6.26 Å². The van der Waals surface area contributed by atoms with Crippen LogP contribution >= 0.6 is 0 Å². The number of aryl methyl sites for hydroxylation is 1. The number of carbonyl (C=O) groups excluding carboxylic acids is 1. The topological polar surface area (TPSA) is 99.4 Å². The minimum absolute atomic E-state index is 0.252. The summed E-state index contributed by atoms with van der Waals surface area (Å²) in [6.45, 7) is 2.33. The second kappa shape index (κ2) is 5.67. The maximum atomic E-state index is 12.6. The first-order valence-corrected chi connectivity index (χ1v) is 7.26. The second-order valence-corrected chi connectivity index (χ2v) is 5.32. The Morgan fingerprint density at radius 2 is 2.36 bits per heavy atom. The van der Waals surface area contributed by atoms with Crippen LogP contribution in [0.25, 0.3) is 0 Å². The van der Waals surface area contributed by atoms with Crippen molar-refractivity contribution in [2.24, 2.45) is 0 Å². The molecule has 3 rings (SSSR count). The van der Waals surface area contributed by atoms with Gasteiger partial charge >= 0.3 is 5.97 Å². The van der Waals surface area contributed by atoms with E-state index in [1.807, 2.05) is 6.92 Å². The van der Waals surface area contributed by atoms with Gasteiger partial charge in [-0.15, -0.1) is 0 Å². The third kappa shape index (κ3) is 2.38. The molecule has 2 aromatic heterocycles. The lowest BCUT2D eigenvalue weighted by atomic mass is 9.99. The van der Waals surface area contributed by atoms with Crippen LogP contribution in [0.15, 0.2) is 22.8 Å². The maximum absolute atomic E-state index is 12.6. The van der Waals surface area contributed by atoms with E-state index in [1.165, 1.54) is 11.2 Å². The molecule has 0 radical (unpaired) electrons. The van der Waals surface area contributed by atoms with Crippen LogP contribution in [0.4, 0.5) is 0 Å². The van der Waals surface area contributed by atoms with Gasteiger partial charge in [-0.2, -0.15) is 5.10 Å². The highest BCUT2D eigenvalue weighted by Gasteiger charge is 2.38. The number of rotatable bonds is 4. The highest BCUT2D eigenvalue weighted by molar-refractivity contribution is 5.95. The molecule has 3 heterocycles. The summed E-state index contributed by atoms with van der Waals surface area (Å²) in [7, 11) is 0. The maximum Gasteiger partial charge on any atom is 0.331 e. The minimum Gasteiger partial charge on any atom is -0.479 e. The smallest absolute Gasteiger partial charge is 0.331 e. The Hall–Kier alpha value is -2.57. The van der Waals surface area contributed by atoms with Crippen molar-refractivity contribution in [2.45, 2.75) is 32.2 Å². The predicted octanol–water partition coefficient (Wildman–Crippen LogP) is 1.78. The Balaban J connectivity index is 1.89. The van der Waals surface area contributed by atoms with Crippen molar-refractivity contribution in [3.63, 3.8) is 0 Å². The van der Waals surface area contributed by atoms with E-state index in [0.717, 1.165) is 18.5 Å². The summed E-state index contributed by atoms with van der Waals surface area (Å²) < 4.78 is 5.28. The van der Waals surface area contributed by atoms with Crippen LogP contribution in [-0.2, 0) is 17.6 Å². The van der Waals surface area contributed by atoms with Crippen molar-refractivity contribution in [2.75, 3.05) is 6.54 Å². The molecule has 1 amide bonds. The number of carbonyl (C=O) groups is 2. The summed E-state index contributed by atoms with van der Waals surface area (Å²) >= 11 is 0. The van der Waals surface area contributed by atoms with Crippen LogP contribution in [0.2, 0.25) is 0 Å². The Morgan fingerprint density at radius 1 is 1.55 bits per heavy atom. The molecule has 0 fully saturated rings. The van der Waals surface area contributed by atoms with E-state index in [2.05, 4.69) is 10.2 Å². The number of aromatic nitrogens is 2. The van der Waals surface area contributed by atoms with Crippen molar-refractivity contribution >= 4 is 11.9 Å². The highest BCUT2D eigenvalue weighted by atomic mass is 16.4. The molecule has 0 aliphatic carbocycles. The number of carboxylic acid groups (broad SMARTS) is 1. The van der Waals surface area contributed by atoms with Crippen LogP contribution in [0, 0.1) is 0 Å². The van der Waals surface area contributed by atoms with E-state index in [4.69, 9.17) is 4.42 Å². The predicted molar refractivity (Wildman–Crippen MR) is 76.4 cm³/mol. The van der Waals surface area contributed by atoms with Crippen LogP contribution in [0.5, 0.6) is 0 Å². The SMILES string of the molecule is CCCc1cc(C(=O)N2CCc3occc3C2C(=O)O)n[nH]1. The van der Waals surface area contributed by atoms with Crippen LogP contribution in [-0.4, -0.2) is 38.6 Å². The van der Waals surface area contributed by atoms with Crippen molar-refractivity contribution in [3.05, 3.63) is 41.1 Å². The zero-order valence-electron chi connectivity index (χ0n) is 12.2. The number of nitrogens with one attached hydrogen (secondary N) is 1. The van der Waals surface area contributed by atoms with E-state index in [9.17, 15) is 14.7 Å². The Kier molecular flexibility index (Phi) is 3.70. The van der Waals surface area contributed by atoms with Gasteiger partial charge in [-0.3, -0.25) is 9.89 Å². The van der Waals surface area contributed by atoms with Gasteiger partial charge in [0.1, 0.15) is 11.5 Å². The molecule has 1 unspecified atom stereocenters. The van der Waals surface area contributed by atoms with E-state index in [0.29, 0.717) is 24.3 Å². The van der Waals surface area contributed by atoms with Gasteiger partial charge in [0.2, 0.25) is 0 Å². The lowest BCUT2D eigenvalue weighted by Gasteiger charge is -2.31. The number of aromatic amines is 1. The van der Waals surface area contributed by atoms with Gasteiger partial charge < -0.3 is 14.4 Å². The van der Waals surface area contributed by atoms with E-state index in [-0.39, 0.29) is 11.6 Å². The van der Waals surface area contributed by atoms with Crippen LogP contribution in [0.3, 0.4) is 0 Å². The van der Waals surface area contributed by atoms with Crippen LogP contribution in [0.1, 0.15) is 46.9 Å². The zero-order chi connectivity index (χ0) is 15.7. The number of aliphatic carboxylic acids is 1. The summed E-state index contributed by atoms with van der Waals surface area (Å²) in [5.74, 6) is -0.817. The highest BCUT2D eigenvalue weighted by Crippen LogP contribution is 2.31. The van der Waals surface area contributed by atoms with Gasteiger partial charge in [0, 0.05) is 24.2 Å². The molecular weight excluding hydrogens is 286 g/mol. The standard InChI is InChI=1S/C15H17N3O4/c1-2-3-9-8-11(17-16-9)14(19)18-6-4-12-10(5-7-22-12)13(18)15(20)21/h5,7-8,13H,2-4,6H2,1H3,(H,16,17)(H,20,21). The molecule has 0 bridgehead atoms. The molecule has 116 valence electrons. The Bertz CT molecular complexity index is 703. The third-order valence-corrected chi connectivity index (χ3v) is 3.83. The normalized spacial score (nSPS) is 17.3. The molecule has 22 heavy (non-hydrogen) atoms. The molecule has 2 aromatic rings. The van der Waals surface area contributed by atoms with Crippen molar-refractivity contribution in [1.29, 1.82) is 0 Å². The van der Waals surface area contributed by atoms with Gasteiger partial charge in [-0.1, -0.05) is 13.3 Å². The largest absolute Gasteiger partial charge is 0.479 e. The average molecular weight is 303 g/mol. The van der Waals surface area contributed by atoms with Gasteiger partial charge in [-0.05, 0) is 18.6 Å². The summed E-state index contributed by atoms with van der Waals surface area (Å²) in [5.41, 5.74) is 1.66. The molecule has 1 aliphatic heterocycles. The number of H-pyrrole nitrogens is 1. The lowest BCUT2D eigenvalue weighted by molar-refractivity contribution is -0.143. The molecule has 0 saturated heterocycles. The molecule has 7 nitrogen and oxygen atoms in total. The Labute approximate surface area is 126 Å². The number of hydrogen-bond donors (Lipinski definition) is 2. The first-order valence-electron chi connectivity index (χ1n) is 7.26. The fourth-order valence-electron chi connectivity index (χ4n) is 2.82. The summed E-state index contributed by atoms with van der Waals surface area (Å²) in [5, 5.41) is 16.3. The molecule has 1 atom stereocenters. The van der Waals surface area contributed by atoms with Gasteiger partial charge in [-0.25, -0.2) is 4.79 Å². The molecule has 2 N–H and O–H groups in total. The van der Waals surface area contributed by atoms with E-state index >= 15 is 0 Å². The molecule has 0 spiro atoms. The lowest BCUT2D eigenvalue weighted by Crippen LogP contribution is -2.43. The number of furan rings is 1. The van der Waals surface area contributed by atoms with E-state index < -0.39 is 12.0 Å². The fraction of sp³-hybridized carbons (Fsp3) is 0.400. The van der Waals surface area contributed by atoms with Crippen molar-refractivity contribution < 1.29 is 19.1 Å². The molecular formula is C15H17N3O4. The molecule has 7 heteroatoms. The average Bonchev–Trinajstić information content (AvgIpc) is 3.14. The molecule has 0 aromatic carbocycles. The zero-order valence-corrected chi connectivity index (χ0v) is 12.2. The van der Waals surface area contributed by atoms with Crippen molar-refractivity contribution in [1.82, 2.24) is 15.1 Å². The fourth-order valence-corrected chi connectivity index (χ4v) is 2.82. The van der Waals surface area contributed by atoms with Gasteiger partial charge in [0.15, 0.2) is 6.04 Å². The van der Waals surface area contributed by atoms with Gasteiger partial charge in [0.25, 0.3) is 5.91 Å². The number of carboxylic acids is 1. The molecule has 1 aliphatic rings. The first kappa shape index (κ1) is 14.4. The first-order chi connectivity index (χ1) is 10.6. The monoisotopic (exact) mass is 303 g/mol. The third-order valence-electron chi connectivity index (χ3n) is 3.83. The summed E-state index contributed by atoms with van der Waals surface area (Å²) in [4.78, 5) is 25.6. The summed E-state index contributed by atoms with van der Waals surface area (Å²) in [6, 6.07) is 2.28. The minimum atomic E-state index is -1.07. The van der Waals surface area contributed by atoms with Crippen molar-refractivity contribution in [3.8, 4) is 0 Å². The molecule has 0 saturated carbocycles. The number of amides is 1. The number of fused-ring (bicyclic) bond motifs is 1. The quantitative estimate of drug-likeness (QED) is 0.897. The number of hydrogen-bond acceptors (Lipinski definition) is 4. The van der Waals surface area contributed by atoms with Crippen LogP contribution < -0.4 is 0 Å². The number of nitrogens with zero attached hydrogens (tertiary/aromatic N) is 2. The Morgan fingerprint density at radius 3 is 3.09 bits per heavy atom.